The van der Waals surface area contributed by atoms with Crippen LogP contribution in [0.5, 0.6) is 0 Å². The van der Waals surface area contributed by atoms with Gasteiger partial charge in [-0.05, 0) is 47.9 Å². The van der Waals surface area contributed by atoms with Gasteiger partial charge in [0.1, 0.15) is 6.04 Å². The van der Waals surface area contributed by atoms with Gasteiger partial charge in [-0.25, -0.2) is 8.42 Å². The van der Waals surface area contributed by atoms with Crippen LogP contribution in [0.4, 0.5) is 5.69 Å². The van der Waals surface area contributed by atoms with Crippen molar-refractivity contribution in [3.8, 4) is 11.3 Å². The van der Waals surface area contributed by atoms with Crippen LogP contribution in [0.15, 0.2) is 65.7 Å². The molecule has 1 heterocycles. The summed E-state index contributed by atoms with van der Waals surface area (Å²) < 4.78 is 27.0. The summed E-state index contributed by atoms with van der Waals surface area (Å²) in [5, 5.41) is 12.4. The molecule has 0 saturated carbocycles. The van der Waals surface area contributed by atoms with Gasteiger partial charge in [0.05, 0.1) is 10.6 Å². The van der Waals surface area contributed by atoms with E-state index >= 15 is 0 Å². The Kier molecular flexibility index (Phi) is 8.42. The fourth-order valence-electron chi connectivity index (χ4n) is 3.64. The highest BCUT2D eigenvalue weighted by Crippen LogP contribution is 2.20. The maximum Gasteiger partial charge on any atom is 0.251 e. The predicted molar refractivity (Wildman–Crippen MR) is 135 cm³/mol. The summed E-state index contributed by atoms with van der Waals surface area (Å²) in [6, 6.07) is 14.1. The second kappa shape index (κ2) is 11.3. The lowest BCUT2D eigenvalue weighted by molar-refractivity contribution is -0.118. The maximum atomic E-state index is 13.0. The summed E-state index contributed by atoms with van der Waals surface area (Å²) in [6.45, 7) is 7.82. The van der Waals surface area contributed by atoms with E-state index in [1.807, 2.05) is 32.0 Å². The van der Waals surface area contributed by atoms with Gasteiger partial charge in [-0.3, -0.25) is 14.7 Å². The zero-order chi connectivity index (χ0) is 25.6. The Morgan fingerprint density at radius 2 is 1.71 bits per heavy atom. The molecular formula is C25H31N5O4S. The topological polar surface area (TPSA) is 124 Å². The van der Waals surface area contributed by atoms with E-state index in [9.17, 15) is 18.0 Å². The first-order valence-corrected chi connectivity index (χ1v) is 12.9. The number of carbonyl (C=O) groups excluding carboxylic acids is 2. The lowest BCUT2D eigenvalue weighted by atomic mass is 10.0. The number of nitrogens with zero attached hydrogens (tertiary/aromatic N) is 2. The van der Waals surface area contributed by atoms with Gasteiger partial charge in [-0.15, -0.1) is 0 Å². The van der Waals surface area contributed by atoms with Crippen LogP contribution < -0.4 is 10.6 Å². The third kappa shape index (κ3) is 6.14. The van der Waals surface area contributed by atoms with E-state index in [2.05, 4.69) is 20.8 Å². The van der Waals surface area contributed by atoms with Gasteiger partial charge in [0.25, 0.3) is 5.91 Å². The second-order valence-electron chi connectivity index (χ2n) is 8.35. The van der Waals surface area contributed by atoms with Crippen LogP contribution in [0.2, 0.25) is 0 Å². The fourth-order valence-corrected chi connectivity index (χ4v) is 5.14. The lowest BCUT2D eigenvalue weighted by Gasteiger charge is -2.22. The van der Waals surface area contributed by atoms with Gasteiger partial charge in [0, 0.05) is 30.5 Å². The Bertz CT molecular complexity index is 1250. The van der Waals surface area contributed by atoms with Crippen molar-refractivity contribution in [3.63, 3.8) is 0 Å². The van der Waals surface area contributed by atoms with Crippen LogP contribution in [0.25, 0.3) is 11.3 Å². The molecule has 10 heteroatoms. The van der Waals surface area contributed by atoms with Crippen molar-refractivity contribution in [2.75, 3.05) is 18.4 Å². The van der Waals surface area contributed by atoms with Crippen LogP contribution in [-0.2, 0) is 14.8 Å². The van der Waals surface area contributed by atoms with Gasteiger partial charge in [0.15, 0.2) is 0 Å². The van der Waals surface area contributed by atoms with E-state index in [0.29, 0.717) is 18.8 Å². The molecule has 2 amide bonds. The van der Waals surface area contributed by atoms with Crippen molar-refractivity contribution in [2.45, 2.75) is 38.6 Å². The molecule has 0 radical (unpaired) electrons. The van der Waals surface area contributed by atoms with E-state index in [0.717, 1.165) is 11.3 Å². The first-order valence-electron chi connectivity index (χ1n) is 11.5. The third-order valence-corrected chi connectivity index (χ3v) is 7.69. The summed E-state index contributed by atoms with van der Waals surface area (Å²) in [5.74, 6) is -1.09. The summed E-state index contributed by atoms with van der Waals surface area (Å²) in [7, 11) is -3.71. The van der Waals surface area contributed by atoms with E-state index in [1.54, 1.807) is 32.2 Å². The molecule has 3 N–H and O–H groups in total. The quantitative estimate of drug-likeness (QED) is 0.395. The number of rotatable bonds is 10. The third-order valence-electron chi connectivity index (χ3n) is 5.64. The van der Waals surface area contributed by atoms with Gasteiger partial charge in [-0.1, -0.05) is 45.9 Å². The molecule has 0 spiro atoms. The Balaban J connectivity index is 1.73. The van der Waals surface area contributed by atoms with Crippen LogP contribution in [0.3, 0.4) is 0 Å². The van der Waals surface area contributed by atoms with Gasteiger partial charge in [0.2, 0.25) is 15.9 Å². The van der Waals surface area contributed by atoms with Crippen LogP contribution in [-0.4, -0.2) is 53.9 Å². The Morgan fingerprint density at radius 1 is 1.03 bits per heavy atom. The average Bonchev–Trinajstić information content (AvgIpc) is 3.38. The fraction of sp³-hybridized carbons (Fsp3) is 0.320. The number of hydrogen-bond donors (Lipinski definition) is 3. The molecule has 1 atom stereocenters. The minimum Gasteiger partial charge on any atom is -0.340 e. The number of amides is 2. The maximum absolute atomic E-state index is 13.0. The monoisotopic (exact) mass is 497 g/mol. The van der Waals surface area contributed by atoms with Crippen molar-refractivity contribution in [3.05, 3.63) is 66.4 Å². The molecule has 3 rings (SSSR count). The summed E-state index contributed by atoms with van der Waals surface area (Å²) in [4.78, 5) is 26.0. The smallest absolute Gasteiger partial charge is 0.251 e. The Morgan fingerprint density at radius 3 is 2.29 bits per heavy atom. The number of sulfonamides is 1. The molecule has 0 aliphatic heterocycles. The van der Waals surface area contributed by atoms with Crippen molar-refractivity contribution in [1.29, 1.82) is 0 Å². The molecule has 0 fully saturated rings. The molecule has 0 aliphatic carbocycles. The molecule has 186 valence electrons. The SMILES string of the molecule is CCN(CC)S(=O)(=O)c1cccc(C(=O)N[C@@H](C(=O)Nc2ccc(-c3ccn[nH]3)cc2)C(C)C)c1. The number of aromatic amines is 1. The molecule has 2 aromatic carbocycles. The summed E-state index contributed by atoms with van der Waals surface area (Å²) in [5.41, 5.74) is 2.54. The van der Waals surface area contributed by atoms with Crippen molar-refractivity contribution < 1.29 is 18.0 Å². The van der Waals surface area contributed by atoms with E-state index in [1.165, 1.54) is 28.6 Å². The van der Waals surface area contributed by atoms with E-state index < -0.39 is 22.0 Å². The van der Waals surface area contributed by atoms with Gasteiger partial charge >= 0.3 is 0 Å². The number of H-pyrrole nitrogens is 1. The largest absolute Gasteiger partial charge is 0.340 e. The molecule has 0 bridgehead atoms. The van der Waals surface area contributed by atoms with Crippen LogP contribution in [0, 0.1) is 5.92 Å². The number of nitrogens with one attached hydrogen (secondary N) is 3. The highest BCUT2D eigenvalue weighted by molar-refractivity contribution is 7.89. The zero-order valence-electron chi connectivity index (χ0n) is 20.3. The standard InChI is InChI=1S/C25H31N5O4S/c1-5-30(6-2)35(33,34)21-9-7-8-19(16-21)24(31)28-23(17(3)4)25(32)27-20-12-10-18(11-13-20)22-14-15-26-29-22/h7-17,23H,5-6H2,1-4H3,(H,26,29)(H,27,32)(H,28,31)/t23-/m1/s1. The van der Waals surface area contributed by atoms with Crippen LogP contribution in [0.1, 0.15) is 38.1 Å². The van der Waals surface area contributed by atoms with E-state index in [-0.39, 0.29) is 22.3 Å². The number of benzene rings is 2. The molecule has 35 heavy (non-hydrogen) atoms. The molecule has 0 aliphatic rings. The molecule has 0 saturated heterocycles. The molecule has 0 unspecified atom stereocenters. The van der Waals surface area contributed by atoms with E-state index in [4.69, 9.17) is 0 Å². The summed E-state index contributed by atoms with van der Waals surface area (Å²) in [6.07, 6.45) is 1.66. The minimum atomic E-state index is -3.71. The van der Waals surface area contributed by atoms with Crippen LogP contribution >= 0.6 is 0 Å². The lowest BCUT2D eigenvalue weighted by Crippen LogP contribution is -2.47. The highest BCUT2D eigenvalue weighted by Gasteiger charge is 2.26. The second-order valence-corrected chi connectivity index (χ2v) is 10.3. The average molecular weight is 498 g/mol. The summed E-state index contributed by atoms with van der Waals surface area (Å²) >= 11 is 0. The van der Waals surface area contributed by atoms with Crippen molar-refractivity contribution in [2.24, 2.45) is 5.92 Å². The number of carbonyl (C=O) groups is 2. The molecular weight excluding hydrogens is 466 g/mol. The van der Waals surface area contributed by atoms with Gasteiger partial charge in [-0.2, -0.15) is 9.40 Å². The molecule has 1 aromatic heterocycles. The van der Waals surface area contributed by atoms with Gasteiger partial charge < -0.3 is 10.6 Å². The first-order chi connectivity index (χ1) is 16.7. The predicted octanol–water partition coefficient (Wildman–Crippen LogP) is 3.50. The minimum absolute atomic E-state index is 0.0387. The molecule has 3 aromatic rings. The molecule has 9 nitrogen and oxygen atoms in total. The number of anilines is 1. The number of aromatic nitrogens is 2. The Labute approximate surface area is 206 Å². The zero-order valence-corrected chi connectivity index (χ0v) is 21.1. The van der Waals surface area contributed by atoms with Crippen molar-refractivity contribution in [1.82, 2.24) is 19.8 Å². The van der Waals surface area contributed by atoms with Crippen molar-refractivity contribution >= 4 is 27.5 Å². The first kappa shape index (κ1) is 26.1. The highest BCUT2D eigenvalue weighted by atomic mass is 32.2. The Hall–Kier alpha value is -3.50. The number of hydrogen-bond acceptors (Lipinski definition) is 5. The normalized spacial score (nSPS) is 12.5.